The molecule has 0 spiro atoms. The molecule has 16 heavy (non-hydrogen) atoms. The van der Waals surface area contributed by atoms with E-state index < -0.39 is 0 Å². The van der Waals surface area contributed by atoms with Crippen LogP contribution in [0.4, 0.5) is 0 Å². The van der Waals surface area contributed by atoms with Crippen molar-refractivity contribution in [3.05, 3.63) is 0 Å². The first-order valence-electron chi connectivity index (χ1n) is 6.66. The summed E-state index contributed by atoms with van der Waals surface area (Å²) in [6, 6.07) is 1.17. The lowest BCUT2D eigenvalue weighted by Crippen LogP contribution is -2.47. The molecule has 0 saturated carbocycles. The normalized spacial score (nSPS) is 40.5. The minimum absolute atomic E-state index is 0.375. The van der Waals surface area contributed by atoms with Crippen LogP contribution in [0.15, 0.2) is 0 Å². The van der Waals surface area contributed by atoms with Crippen molar-refractivity contribution in [2.45, 2.75) is 64.3 Å². The van der Waals surface area contributed by atoms with Gasteiger partial charge in [0.25, 0.3) is 0 Å². The number of ether oxygens (including phenoxy) is 2. The Labute approximate surface area is 98.9 Å². The van der Waals surface area contributed by atoms with Crippen LogP contribution in [0.1, 0.15) is 40.0 Å². The van der Waals surface area contributed by atoms with Gasteiger partial charge in [-0.1, -0.05) is 13.8 Å². The highest BCUT2D eigenvalue weighted by atomic mass is 16.5. The molecule has 2 heterocycles. The summed E-state index contributed by atoms with van der Waals surface area (Å²) in [5, 5.41) is 3.75. The van der Waals surface area contributed by atoms with E-state index in [1.54, 1.807) is 0 Å². The Bertz CT molecular complexity index is 220. The molecule has 2 saturated heterocycles. The first-order chi connectivity index (χ1) is 7.66. The van der Waals surface area contributed by atoms with Crippen LogP contribution in [0.5, 0.6) is 0 Å². The highest BCUT2D eigenvalue weighted by Crippen LogP contribution is 2.22. The van der Waals surface area contributed by atoms with Crippen molar-refractivity contribution in [2.24, 2.45) is 5.92 Å². The zero-order chi connectivity index (χ0) is 11.5. The molecule has 0 amide bonds. The molecule has 2 aliphatic rings. The van der Waals surface area contributed by atoms with Crippen LogP contribution in [-0.2, 0) is 9.47 Å². The molecule has 0 aromatic heterocycles. The second-order valence-corrected chi connectivity index (χ2v) is 5.51. The molecule has 2 rings (SSSR count). The molecule has 0 radical (unpaired) electrons. The van der Waals surface area contributed by atoms with E-state index >= 15 is 0 Å². The number of hydrogen-bond donors (Lipinski definition) is 1. The van der Waals surface area contributed by atoms with E-state index in [1.807, 2.05) is 0 Å². The maximum absolute atomic E-state index is 5.79. The number of rotatable bonds is 3. The maximum atomic E-state index is 5.79. The molecular formula is C13H25NO2. The van der Waals surface area contributed by atoms with E-state index in [2.05, 4.69) is 26.1 Å². The highest BCUT2D eigenvalue weighted by Gasteiger charge is 2.30. The Balaban J connectivity index is 1.80. The van der Waals surface area contributed by atoms with Gasteiger partial charge in [-0.25, -0.2) is 0 Å². The molecule has 2 aliphatic heterocycles. The maximum Gasteiger partial charge on any atom is 0.0700 e. The van der Waals surface area contributed by atoms with Crippen LogP contribution < -0.4 is 5.32 Å². The zero-order valence-corrected chi connectivity index (χ0v) is 10.7. The first-order valence-corrected chi connectivity index (χ1v) is 6.66. The molecule has 3 nitrogen and oxygen atoms in total. The molecule has 0 aromatic carbocycles. The topological polar surface area (TPSA) is 30.5 Å². The van der Waals surface area contributed by atoms with Gasteiger partial charge in [-0.15, -0.1) is 0 Å². The standard InChI is InChI=1S/C13H25NO2/c1-9(2)13-8-11(4-6-16-13)14-12-5-7-15-10(12)3/h9-14H,4-8H2,1-3H3. The van der Waals surface area contributed by atoms with E-state index in [-0.39, 0.29) is 0 Å². The monoisotopic (exact) mass is 227 g/mol. The van der Waals surface area contributed by atoms with Gasteiger partial charge in [0.2, 0.25) is 0 Å². The Kier molecular flexibility index (Phi) is 4.22. The first kappa shape index (κ1) is 12.3. The van der Waals surface area contributed by atoms with Crippen molar-refractivity contribution in [1.29, 1.82) is 0 Å². The minimum Gasteiger partial charge on any atom is -0.378 e. The van der Waals surface area contributed by atoms with Gasteiger partial charge >= 0.3 is 0 Å². The molecule has 0 aromatic rings. The van der Waals surface area contributed by atoms with E-state index in [0.29, 0.717) is 30.2 Å². The van der Waals surface area contributed by atoms with Gasteiger partial charge in [-0.3, -0.25) is 0 Å². The van der Waals surface area contributed by atoms with Crippen molar-refractivity contribution in [3.8, 4) is 0 Å². The lowest BCUT2D eigenvalue weighted by atomic mass is 9.94. The van der Waals surface area contributed by atoms with Gasteiger partial charge in [-0.05, 0) is 32.1 Å². The van der Waals surface area contributed by atoms with Crippen molar-refractivity contribution in [1.82, 2.24) is 5.32 Å². The average molecular weight is 227 g/mol. The van der Waals surface area contributed by atoms with Crippen molar-refractivity contribution in [3.63, 3.8) is 0 Å². The van der Waals surface area contributed by atoms with Crippen LogP contribution in [0.25, 0.3) is 0 Å². The van der Waals surface area contributed by atoms with Gasteiger partial charge in [-0.2, -0.15) is 0 Å². The summed E-state index contributed by atoms with van der Waals surface area (Å²) >= 11 is 0. The summed E-state index contributed by atoms with van der Waals surface area (Å²) < 4.78 is 11.4. The summed E-state index contributed by atoms with van der Waals surface area (Å²) in [6.07, 6.45) is 4.27. The Morgan fingerprint density at radius 2 is 1.88 bits per heavy atom. The summed E-state index contributed by atoms with van der Waals surface area (Å²) in [6.45, 7) is 8.48. The third-order valence-corrected chi connectivity index (χ3v) is 3.88. The average Bonchev–Trinajstić information content (AvgIpc) is 2.65. The van der Waals surface area contributed by atoms with Crippen LogP contribution in [0.3, 0.4) is 0 Å². The molecule has 1 N–H and O–H groups in total. The van der Waals surface area contributed by atoms with Crippen molar-refractivity contribution < 1.29 is 9.47 Å². The van der Waals surface area contributed by atoms with Crippen LogP contribution in [0, 0.1) is 5.92 Å². The SMILES string of the molecule is CC(C)C1CC(NC2CCOC2C)CCO1. The Hall–Kier alpha value is -0.120. The van der Waals surface area contributed by atoms with Crippen molar-refractivity contribution in [2.75, 3.05) is 13.2 Å². The third kappa shape index (κ3) is 2.96. The van der Waals surface area contributed by atoms with E-state index in [9.17, 15) is 0 Å². The van der Waals surface area contributed by atoms with E-state index in [0.717, 1.165) is 32.5 Å². The van der Waals surface area contributed by atoms with Crippen LogP contribution in [-0.4, -0.2) is 37.5 Å². The summed E-state index contributed by atoms with van der Waals surface area (Å²) in [7, 11) is 0. The fourth-order valence-electron chi connectivity index (χ4n) is 2.70. The molecule has 0 bridgehead atoms. The van der Waals surface area contributed by atoms with Gasteiger partial charge in [0.05, 0.1) is 12.2 Å². The van der Waals surface area contributed by atoms with E-state index in [4.69, 9.17) is 9.47 Å². The predicted molar refractivity (Wildman–Crippen MR) is 64.6 cm³/mol. The quantitative estimate of drug-likeness (QED) is 0.799. The Morgan fingerprint density at radius 1 is 1.12 bits per heavy atom. The highest BCUT2D eigenvalue weighted by molar-refractivity contribution is 4.86. The van der Waals surface area contributed by atoms with E-state index in [1.165, 1.54) is 0 Å². The van der Waals surface area contributed by atoms with Gasteiger partial charge in [0.15, 0.2) is 0 Å². The fraction of sp³-hybridized carbons (Fsp3) is 1.00. The number of hydrogen-bond acceptors (Lipinski definition) is 3. The van der Waals surface area contributed by atoms with Gasteiger partial charge in [0, 0.05) is 25.3 Å². The molecule has 4 atom stereocenters. The summed E-state index contributed by atoms with van der Waals surface area (Å²) in [4.78, 5) is 0. The molecular weight excluding hydrogens is 202 g/mol. The van der Waals surface area contributed by atoms with Crippen molar-refractivity contribution >= 4 is 0 Å². The van der Waals surface area contributed by atoms with Gasteiger partial charge < -0.3 is 14.8 Å². The van der Waals surface area contributed by atoms with Gasteiger partial charge in [0.1, 0.15) is 0 Å². The van der Waals surface area contributed by atoms with Crippen LogP contribution >= 0.6 is 0 Å². The lowest BCUT2D eigenvalue weighted by Gasteiger charge is -2.34. The minimum atomic E-state index is 0.375. The molecule has 94 valence electrons. The zero-order valence-electron chi connectivity index (χ0n) is 10.7. The Morgan fingerprint density at radius 3 is 2.50 bits per heavy atom. The third-order valence-electron chi connectivity index (χ3n) is 3.88. The summed E-state index contributed by atoms with van der Waals surface area (Å²) in [5.74, 6) is 0.627. The van der Waals surface area contributed by atoms with Crippen LogP contribution in [0.2, 0.25) is 0 Å². The molecule has 2 fully saturated rings. The molecule has 3 heteroatoms. The second-order valence-electron chi connectivity index (χ2n) is 5.51. The summed E-state index contributed by atoms with van der Waals surface area (Å²) in [5.41, 5.74) is 0. The molecule has 0 aliphatic carbocycles. The fourth-order valence-corrected chi connectivity index (χ4v) is 2.70. The smallest absolute Gasteiger partial charge is 0.0700 e. The molecule has 4 unspecified atom stereocenters. The largest absolute Gasteiger partial charge is 0.378 e. The second kappa shape index (κ2) is 5.48. The number of nitrogens with one attached hydrogen (secondary N) is 1. The lowest BCUT2D eigenvalue weighted by molar-refractivity contribution is -0.0272. The predicted octanol–water partition coefficient (Wildman–Crippen LogP) is 1.96.